The fourth-order valence-corrected chi connectivity index (χ4v) is 5.27. The van der Waals surface area contributed by atoms with Crippen LogP contribution in [-0.2, 0) is 14.8 Å². The number of nitrogens with zero attached hydrogens (tertiary/aromatic N) is 1. The molecule has 1 N–H and O–H groups in total. The van der Waals surface area contributed by atoms with Gasteiger partial charge in [-0.15, -0.1) is 0 Å². The first kappa shape index (κ1) is 24.6. The molecule has 33 heavy (non-hydrogen) atoms. The zero-order chi connectivity index (χ0) is 24.0. The molecule has 174 valence electrons. The van der Waals surface area contributed by atoms with Gasteiger partial charge in [0, 0.05) is 0 Å². The molecule has 0 atom stereocenters. The smallest absolute Gasteiger partial charge is 0.264 e. The van der Waals surface area contributed by atoms with Crippen molar-refractivity contribution < 1.29 is 22.7 Å². The summed E-state index contributed by atoms with van der Waals surface area (Å²) in [6.45, 7) is 3.76. The average Bonchev–Trinajstić information content (AvgIpc) is 2.79. The summed E-state index contributed by atoms with van der Waals surface area (Å²) < 4.78 is 39.5. The fourth-order valence-electron chi connectivity index (χ4n) is 3.13. The molecule has 3 aromatic rings. The van der Waals surface area contributed by atoms with Crippen LogP contribution in [0.15, 0.2) is 76.1 Å². The quantitative estimate of drug-likeness (QED) is 0.419. The predicted octanol–water partition coefficient (Wildman–Crippen LogP) is 5.00. The maximum Gasteiger partial charge on any atom is 0.264 e. The zero-order valence-electron chi connectivity index (χ0n) is 18.5. The number of carbonyl (C=O) groups excluding carboxylic acids is 1. The van der Waals surface area contributed by atoms with Gasteiger partial charge < -0.3 is 14.8 Å². The number of hydrogen-bond donors (Lipinski definition) is 1. The number of hydrogen-bond acceptors (Lipinski definition) is 5. The molecule has 3 aromatic carbocycles. The van der Waals surface area contributed by atoms with Crippen molar-refractivity contribution in [2.45, 2.75) is 18.7 Å². The highest BCUT2D eigenvalue weighted by Gasteiger charge is 2.28. The lowest BCUT2D eigenvalue weighted by Gasteiger charge is -2.24. The van der Waals surface area contributed by atoms with E-state index in [0.29, 0.717) is 34.0 Å². The van der Waals surface area contributed by atoms with Gasteiger partial charge in [0.05, 0.1) is 34.5 Å². The number of sulfonamides is 1. The van der Waals surface area contributed by atoms with Gasteiger partial charge in [-0.2, -0.15) is 0 Å². The number of nitrogens with one attached hydrogen (secondary N) is 1. The van der Waals surface area contributed by atoms with Crippen molar-refractivity contribution >= 4 is 43.2 Å². The Balaban J connectivity index is 1.96. The first-order chi connectivity index (χ1) is 15.8. The van der Waals surface area contributed by atoms with Gasteiger partial charge in [0.2, 0.25) is 5.91 Å². The van der Waals surface area contributed by atoms with Crippen LogP contribution in [-0.4, -0.2) is 34.6 Å². The van der Waals surface area contributed by atoms with E-state index in [1.165, 1.54) is 19.2 Å². The molecule has 0 saturated heterocycles. The summed E-state index contributed by atoms with van der Waals surface area (Å²) in [6, 6.07) is 18.4. The first-order valence-electron chi connectivity index (χ1n) is 10.2. The molecule has 1 amide bonds. The van der Waals surface area contributed by atoms with E-state index in [4.69, 9.17) is 9.47 Å². The second kappa shape index (κ2) is 10.7. The van der Waals surface area contributed by atoms with Crippen LogP contribution >= 0.6 is 15.9 Å². The Morgan fingerprint density at radius 2 is 1.73 bits per heavy atom. The van der Waals surface area contributed by atoms with E-state index in [1.54, 1.807) is 54.6 Å². The van der Waals surface area contributed by atoms with Gasteiger partial charge in [0.15, 0.2) is 0 Å². The van der Waals surface area contributed by atoms with E-state index in [1.807, 2.05) is 13.8 Å². The van der Waals surface area contributed by atoms with E-state index in [-0.39, 0.29) is 4.90 Å². The molecule has 7 nitrogen and oxygen atoms in total. The van der Waals surface area contributed by atoms with Crippen molar-refractivity contribution in [3.63, 3.8) is 0 Å². The van der Waals surface area contributed by atoms with Crippen molar-refractivity contribution in [3.05, 3.63) is 76.8 Å². The molecule has 0 fully saturated rings. The van der Waals surface area contributed by atoms with Crippen molar-refractivity contribution in [1.29, 1.82) is 0 Å². The van der Waals surface area contributed by atoms with Crippen LogP contribution in [0.5, 0.6) is 11.5 Å². The highest BCUT2D eigenvalue weighted by Crippen LogP contribution is 2.31. The van der Waals surface area contributed by atoms with Crippen LogP contribution in [0.2, 0.25) is 0 Å². The maximum absolute atomic E-state index is 13.6. The third-order valence-corrected chi connectivity index (χ3v) is 7.17. The summed E-state index contributed by atoms with van der Waals surface area (Å²) in [4.78, 5) is 13.0. The summed E-state index contributed by atoms with van der Waals surface area (Å²) in [5.41, 5.74) is 1.82. The molecule has 0 aliphatic rings. The van der Waals surface area contributed by atoms with Crippen molar-refractivity contribution in [3.8, 4) is 11.5 Å². The average molecular weight is 533 g/mol. The third-order valence-electron chi connectivity index (χ3n) is 4.78. The Kier molecular flexibility index (Phi) is 7.99. The number of rotatable bonds is 9. The number of carbonyl (C=O) groups is 1. The topological polar surface area (TPSA) is 84.9 Å². The molecule has 0 aromatic heterocycles. The molecule has 0 spiro atoms. The second-order valence-corrected chi connectivity index (χ2v) is 9.84. The normalized spacial score (nSPS) is 11.0. The van der Waals surface area contributed by atoms with Crippen LogP contribution < -0.4 is 19.1 Å². The monoisotopic (exact) mass is 532 g/mol. The molecule has 3 rings (SSSR count). The lowest BCUT2D eigenvalue weighted by atomic mass is 10.2. The molecule has 0 saturated carbocycles. The van der Waals surface area contributed by atoms with Crippen LogP contribution in [0.4, 0.5) is 11.4 Å². The lowest BCUT2D eigenvalue weighted by molar-refractivity contribution is -0.114. The summed E-state index contributed by atoms with van der Waals surface area (Å²) in [6.07, 6.45) is 0. The van der Waals surface area contributed by atoms with Gasteiger partial charge in [-0.1, -0.05) is 29.8 Å². The van der Waals surface area contributed by atoms with E-state index in [0.717, 1.165) is 9.87 Å². The van der Waals surface area contributed by atoms with E-state index >= 15 is 0 Å². The Labute approximate surface area is 202 Å². The van der Waals surface area contributed by atoms with E-state index in [9.17, 15) is 13.2 Å². The lowest BCUT2D eigenvalue weighted by Crippen LogP contribution is -2.38. The number of aryl methyl sites for hydroxylation is 1. The second-order valence-electron chi connectivity index (χ2n) is 7.12. The van der Waals surface area contributed by atoms with Gasteiger partial charge in [0.25, 0.3) is 10.0 Å². The number of amides is 1. The summed E-state index contributed by atoms with van der Waals surface area (Å²) >= 11 is 3.33. The highest BCUT2D eigenvalue weighted by molar-refractivity contribution is 9.10. The van der Waals surface area contributed by atoms with Crippen molar-refractivity contribution in [2.75, 3.05) is 29.9 Å². The summed E-state index contributed by atoms with van der Waals surface area (Å²) in [5, 5.41) is 2.76. The predicted molar refractivity (Wildman–Crippen MR) is 133 cm³/mol. The first-order valence-corrected chi connectivity index (χ1v) is 12.4. The molecule has 9 heteroatoms. The number of ether oxygens (including phenoxy) is 2. The molecule has 0 aliphatic heterocycles. The van der Waals surface area contributed by atoms with Gasteiger partial charge in [-0.25, -0.2) is 8.42 Å². The van der Waals surface area contributed by atoms with Crippen LogP contribution in [0.3, 0.4) is 0 Å². The molecule has 0 bridgehead atoms. The number of methoxy groups -OCH3 is 1. The summed E-state index contributed by atoms with van der Waals surface area (Å²) in [5.74, 6) is 0.511. The molecular formula is C24H25BrN2O5S. The van der Waals surface area contributed by atoms with Crippen LogP contribution in [0.1, 0.15) is 12.5 Å². The summed E-state index contributed by atoms with van der Waals surface area (Å²) in [7, 11) is -2.57. The highest BCUT2D eigenvalue weighted by atomic mass is 79.9. The molecular weight excluding hydrogens is 508 g/mol. The number of halogens is 1. The van der Waals surface area contributed by atoms with E-state index in [2.05, 4.69) is 21.2 Å². The Morgan fingerprint density at radius 1 is 1.03 bits per heavy atom. The minimum absolute atomic E-state index is 0.0262. The number of para-hydroxylation sites is 2. The number of benzene rings is 3. The Morgan fingerprint density at radius 3 is 2.36 bits per heavy atom. The van der Waals surface area contributed by atoms with Crippen LogP contribution in [0.25, 0.3) is 0 Å². The van der Waals surface area contributed by atoms with Gasteiger partial charge in [0.1, 0.15) is 18.0 Å². The number of anilines is 2. The minimum atomic E-state index is -4.07. The standard InChI is InChI=1S/C24H25BrN2O5S/c1-4-32-23-8-6-5-7-21(23)26-24(28)16-27(18-11-9-17(2)10-12-18)33(29,30)19-13-14-22(31-3)20(25)15-19/h5-15H,4,16H2,1-3H3,(H,26,28). The van der Waals surface area contributed by atoms with Crippen LogP contribution in [0, 0.1) is 6.92 Å². The van der Waals surface area contributed by atoms with Gasteiger partial charge in [-0.3, -0.25) is 9.10 Å². The van der Waals surface area contributed by atoms with Gasteiger partial charge >= 0.3 is 0 Å². The fraction of sp³-hybridized carbons (Fsp3) is 0.208. The zero-order valence-corrected chi connectivity index (χ0v) is 20.9. The maximum atomic E-state index is 13.6. The van der Waals surface area contributed by atoms with Crippen molar-refractivity contribution in [2.24, 2.45) is 0 Å². The molecule has 0 aliphatic carbocycles. The molecule has 0 unspecified atom stereocenters. The Hall–Kier alpha value is -3.04. The molecule has 0 heterocycles. The van der Waals surface area contributed by atoms with Crippen molar-refractivity contribution in [1.82, 2.24) is 0 Å². The Bertz CT molecular complexity index is 1230. The largest absolute Gasteiger partial charge is 0.496 e. The molecule has 0 radical (unpaired) electrons. The minimum Gasteiger partial charge on any atom is -0.496 e. The van der Waals surface area contributed by atoms with E-state index < -0.39 is 22.5 Å². The third kappa shape index (κ3) is 5.85. The SMILES string of the molecule is CCOc1ccccc1NC(=O)CN(c1ccc(C)cc1)S(=O)(=O)c1ccc(OC)c(Br)c1. The van der Waals surface area contributed by atoms with Gasteiger partial charge in [-0.05, 0) is 72.2 Å².